The fourth-order valence-corrected chi connectivity index (χ4v) is 3.42. The Bertz CT molecular complexity index is 515. The molecule has 122 valence electrons. The summed E-state index contributed by atoms with van der Waals surface area (Å²) >= 11 is 0. The van der Waals surface area contributed by atoms with Crippen LogP contribution in [0.4, 0.5) is 0 Å². The van der Waals surface area contributed by atoms with Crippen LogP contribution in [0.1, 0.15) is 36.6 Å². The molecule has 2 aliphatic rings. The van der Waals surface area contributed by atoms with Gasteiger partial charge in [-0.25, -0.2) is 4.98 Å². The number of piperazine rings is 1. The van der Waals surface area contributed by atoms with E-state index in [0.717, 1.165) is 69.3 Å². The number of amides is 1. The Labute approximate surface area is 131 Å². The van der Waals surface area contributed by atoms with Crippen LogP contribution >= 0.6 is 0 Å². The van der Waals surface area contributed by atoms with Crippen LogP contribution in [0, 0.1) is 19.8 Å². The highest BCUT2D eigenvalue weighted by Crippen LogP contribution is 2.26. The number of carbonyl (C=O) groups is 1. The smallest absolute Gasteiger partial charge is 0.225 e. The lowest BCUT2D eigenvalue weighted by atomic mass is 10.1. The lowest BCUT2D eigenvalue weighted by molar-refractivity contribution is -0.137. The Morgan fingerprint density at radius 2 is 2.00 bits per heavy atom. The van der Waals surface area contributed by atoms with Crippen LogP contribution in [-0.2, 0) is 11.3 Å². The van der Waals surface area contributed by atoms with Gasteiger partial charge in [0.1, 0.15) is 5.76 Å². The van der Waals surface area contributed by atoms with E-state index in [4.69, 9.17) is 10.2 Å². The van der Waals surface area contributed by atoms with Crippen LogP contribution in [0.15, 0.2) is 4.42 Å². The monoisotopic (exact) mass is 306 g/mol. The minimum absolute atomic E-state index is 0.151. The third kappa shape index (κ3) is 3.33. The first-order chi connectivity index (χ1) is 10.5. The predicted octanol–water partition coefficient (Wildman–Crippen LogP) is 1.06. The van der Waals surface area contributed by atoms with Crippen LogP contribution in [0.25, 0.3) is 0 Å². The Kier molecular flexibility index (Phi) is 4.49. The van der Waals surface area contributed by atoms with Gasteiger partial charge in [0.25, 0.3) is 0 Å². The van der Waals surface area contributed by atoms with Gasteiger partial charge in [-0.1, -0.05) is 0 Å². The van der Waals surface area contributed by atoms with Crippen molar-refractivity contribution in [1.82, 2.24) is 14.8 Å². The normalized spacial score (nSPS) is 26.6. The summed E-state index contributed by atoms with van der Waals surface area (Å²) in [6, 6.07) is 0.215. The van der Waals surface area contributed by atoms with E-state index in [1.807, 2.05) is 18.7 Å². The highest BCUT2D eigenvalue weighted by molar-refractivity contribution is 5.79. The van der Waals surface area contributed by atoms with Crippen molar-refractivity contribution < 1.29 is 9.21 Å². The number of nitrogens with two attached hydrogens (primary N) is 1. The average molecular weight is 306 g/mol. The largest absolute Gasteiger partial charge is 0.444 e. The molecule has 0 spiro atoms. The molecule has 2 N–H and O–H groups in total. The summed E-state index contributed by atoms with van der Waals surface area (Å²) in [4.78, 5) is 21.2. The minimum atomic E-state index is 0.151. The van der Waals surface area contributed by atoms with E-state index in [1.54, 1.807) is 0 Å². The zero-order valence-electron chi connectivity index (χ0n) is 13.5. The van der Waals surface area contributed by atoms with Gasteiger partial charge in [-0.2, -0.15) is 0 Å². The molecule has 0 unspecified atom stereocenters. The van der Waals surface area contributed by atoms with Crippen molar-refractivity contribution in [3.05, 3.63) is 17.3 Å². The van der Waals surface area contributed by atoms with E-state index in [1.165, 1.54) is 0 Å². The number of aryl methyl sites for hydroxylation is 2. The van der Waals surface area contributed by atoms with Gasteiger partial charge in [0, 0.05) is 38.1 Å². The molecule has 2 heterocycles. The maximum absolute atomic E-state index is 12.5. The van der Waals surface area contributed by atoms with Crippen molar-refractivity contribution in [2.75, 3.05) is 26.2 Å². The van der Waals surface area contributed by atoms with Gasteiger partial charge in [0.05, 0.1) is 12.2 Å². The lowest BCUT2D eigenvalue weighted by Crippen LogP contribution is -2.49. The van der Waals surface area contributed by atoms with Crippen molar-refractivity contribution >= 4 is 5.91 Å². The second-order valence-corrected chi connectivity index (χ2v) is 6.62. The second kappa shape index (κ2) is 6.38. The first kappa shape index (κ1) is 15.5. The van der Waals surface area contributed by atoms with E-state index in [9.17, 15) is 4.79 Å². The summed E-state index contributed by atoms with van der Waals surface area (Å²) in [5.74, 6) is 2.12. The van der Waals surface area contributed by atoms with E-state index in [2.05, 4.69) is 9.88 Å². The zero-order valence-corrected chi connectivity index (χ0v) is 13.5. The SMILES string of the molecule is Cc1nc(CN2CCN(C(=O)[C@@H]3CC[C@@H](N)C3)CC2)oc1C. The first-order valence-corrected chi connectivity index (χ1v) is 8.22. The highest BCUT2D eigenvalue weighted by atomic mass is 16.4. The van der Waals surface area contributed by atoms with Crippen molar-refractivity contribution in [1.29, 1.82) is 0 Å². The highest BCUT2D eigenvalue weighted by Gasteiger charge is 2.32. The molecule has 0 aromatic carbocycles. The molecule has 1 saturated carbocycles. The van der Waals surface area contributed by atoms with Gasteiger partial charge in [-0.05, 0) is 33.1 Å². The Hall–Kier alpha value is -1.40. The Morgan fingerprint density at radius 1 is 1.27 bits per heavy atom. The fourth-order valence-electron chi connectivity index (χ4n) is 3.42. The maximum atomic E-state index is 12.5. The van der Waals surface area contributed by atoms with Crippen LogP contribution in [0.5, 0.6) is 0 Å². The van der Waals surface area contributed by atoms with Crippen LogP contribution in [0.2, 0.25) is 0 Å². The molecular weight excluding hydrogens is 280 g/mol. The summed E-state index contributed by atoms with van der Waals surface area (Å²) < 4.78 is 5.64. The molecule has 0 radical (unpaired) electrons. The van der Waals surface area contributed by atoms with Crippen molar-refractivity contribution in [2.24, 2.45) is 11.7 Å². The fraction of sp³-hybridized carbons (Fsp3) is 0.750. The first-order valence-electron chi connectivity index (χ1n) is 8.22. The third-order valence-electron chi connectivity index (χ3n) is 4.94. The van der Waals surface area contributed by atoms with E-state index in [0.29, 0.717) is 5.91 Å². The summed E-state index contributed by atoms with van der Waals surface area (Å²) in [7, 11) is 0. The van der Waals surface area contributed by atoms with Gasteiger partial charge in [0.2, 0.25) is 11.8 Å². The summed E-state index contributed by atoms with van der Waals surface area (Å²) in [6.45, 7) is 7.98. The molecule has 2 atom stereocenters. The lowest BCUT2D eigenvalue weighted by Gasteiger charge is -2.35. The topological polar surface area (TPSA) is 75.6 Å². The van der Waals surface area contributed by atoms with Gasteiger partial charge in [-0.3, -0.25) is 9.69 Å². The van der Waals surface area contributed by atoms with Gasteiger partial charge in [0.15, 0.2) is 0 Å². The summed E-state index contributed by atoms with van der Waals surface area (Å²) in [5, 5.41) is 0. The van der Waals surface area contributed by atoms with Crippen LogP contribution in [0.3, 0.4) is 0 Å². The standard InChI is InChI=1S/C16H26N4O2/c1-11-12(2)22-15(18-11)10-19-5-7-20(8-6-19)16(21)13-3-4-14(17)9-13/h13-14H,3-10,17H2,1-2H3/t13-,14-/m1/s1. The van der Waals surface area contributed by atoms with Gasteiger partial charge < -0.3 is 15.1 Å². The van der Waals surface area contributed by atoms with E-state index in [-0.39, 0.29) is 12.0 Å². The third-order valence-corrected chi connectivity index (χ3v) is 4.94. The summed E-state index contributed by atoms with van der Waals surface area (Å²) in [6.07, 6.45) is 2.79. The molecule has 1 aromatic rings. The number of oxazole rings is 1. The van der Waals surface area contributed by atoms with Crippen molar-refractivity contribution in [3.8, 4) is 0 Å². The molecule has 0 bridgehead atoms. The molecule has 1 aliphatic heterocycles. The van der Waals surface area contributed by atoms with E-state index < -0.39 is 0 Å². The molecular formula is C16H26N4O2. The molecule has 6 nitrogen and oxygen atoms in total. The Morgan fingerprint density at radius 3 is 2.55 bits per heavy atom. The number of carbonyl (C=O) groups excluding carboxylic acids is 1. The number of aromatic nitrogens is 1. The molecule has 1 aromatic heterocycles. The molecule has 2 fully saturated rings. The molecule has 6 heteroatoms. The quantitative estimate of drug-likeness (QED) is 0.904. The van der Waals surface area contributed by atoms with Crippen molar-refractivity contribution in [2.45, 2.75) is 45.7 Å². The van der Waals surface area contributed by atoms with Gasteiger partial charge in [-0.15, -0.1) is 0 Å². The summed E-state index contributed by atoms with van der Waals surface area (Å²) in [5.41, 5.74) is 6.88. The average Bonchev–Trinajstić information content (AvgIpc) is 3.06. The molecule has 22 heavy (non-hydrogen) atoms. The Balaban J connectivity index is 1.49. The second-order valence-electron chi connectivity index (χ2n) is 6.62. The van der Waals surface area contributed by atoms with Crippen LogP contribution in [-0.4, -0.2) is 52.9 Å². The predicted molar refractivity (Wildman–Crippen MR) is 83.2 cm³/mol. The number of hydrogen-bond acceptors (Lipinski definition) is 5. The number of hydrogen-bond donors (Lipinski definition) is 1. The van der Waals surface area contributed by atoms with Crippen LogP contribution < -0.4 is 5.73 Å². The van der Waals surface area contributed by atoms with E-state index >= 15 is 0 Å². The number of rotatable bonds is 3. The van der Waals surface area contributed by atoms with Crippen molar-refractivity contribution in [3.63, 3.8) is 0 Å². The molecule has 3 rings (SSSR count). The maximum Gasteiger partial charge on any atom is 0.225 e. The van der Waals surface area contributed by atoms with Gasteiger partial charge >= 0.3 is 0 Å². The number of nitrogens with zero attached hydrogens (tertiary/aromatic N) is 3. The molecule has 1 amide bonds. The molecule has 1 saturated heterocycles. The minimum Gasteiger partial charge on any atom is -0.444 e. The zero-order chi connectivity index (χ0) is 15.7. The molecule has 1 aliphatic carbocycles.